The van der Waals surface area contributed by atoms with Crippen molar-refractivity contribution in [3.05, 3.63) is 35.9 Å². The third-order valence-corrected chi connectivity index (χ3v) is 3.55. The minimum absolute atomic E-state index is 0.00858. The third-order valence-electron chi connectivity index (χ3n) is 3.55. The minimum Gasteiger partial charge on any atom is -0.342 e. The van der Waals surface area contributed by atoms with Gasteiger partial charge in [0.2, 0.25) is 5.91 Å². The van der Waals surface area contributed by atoms with Gasteiger partial charge >= 0.3 is 0 Å². The van der Waals surface area contributed by atoms with E-state index in [1.807, 2.05) is 23.1 Å². The van der Waals surface area contributed by atoms with Crippen LogP contribution in [0.25, 0.3) is 0 Å². The van der Waals surface area contributed by atoms with Crippen molar-refractivity contribution in [1.82, 2.24) is 4.90 Å². The van der Waals surface area contributed by atoms with Gasteiger partial charge in [0.1, 0.15) is 5.92 Å². The molecule has 0 spiro atoms. The van der Waals surface area contributed by atoms with E-state index in [0.29, 0.717) is 6.42 Å². The van der Waals surface area contributed by atoms with Crippen LogP contribution in [0.15, 0.2) is 30.3 Å². The summed E-state index contributed by atoms with van der Waals surface area (Å²) >= 11 is 0. The van der Waals surface area contributed by atoms with Gasteiger partial charge in [-0.05, 0) is 37.7 Å². The van der Waals surface area contributed by atoms with E-state index in [-0.39, 0.29) is 5.91 Å². The molecule has 0 fully saturated rings. The number of carbonyl (C=O) groups is 1. The summed E-state index contributed by atoms with van der Waals surface area (Å²) in [5.74, 6) is -0.485. The molecule has 3 nitrogen and oxygen atoms in total. The number of benzene rings is 1. The van der Waals surface area contributed by atoms with Gasteiger partial charge in [-0.25, -0.2) is 0 Å². The van der Waals surface area contributed by atoms with E-state index in [1.54, 1.807) is 0 Å². The molecule has 0 aliphatic heterocycles. The van der Waals surface area contributed by atoms with E-state index < -0.39 is 5.92 Å². The zero-order valence-electron chi connectivity index (χ0n) is 13.2. The van der Waals surface area contributed by atoms with Crippen LogP contribution in [0, 0.1) is 17.2 Å². The number of carbonyl (C=O) groups excluding carboxylic acids is 1. The Morgan fingerprint density at radius 1 is 1.19 bits per heavy atom. The Morgan fingerprint density at radius 2 is 1.81 bits per heavy atom. The molecule has 1 aromatic carbocycles. The van der Waals surface area contributed by atoms with Gasteiger partial charge in [0.25, 0.3) is 0 Å². The maximum Gasteiger partial charge on any atom is 0.239 e. The van der Waals surface area contributed by atoms with Gasteiger partial charge in [-0.2, -0.15) is 5.26 Å². The summed E-state index contributed by atoms with van der Waals surface area (Å²) in [5, 5.41) is 9.28. The van der Waals surface area contributed by atoms with Crippen molar-refractivity contribution in [2.45, 2.75) is 46.0 Å². The van der Waals surface area contributed by atoms with Gasteiger partial charge in [-0.15, -0.1) is 0 Å². The number of aryl methyl sites for hydroxylation is 1. The quantitative estimate of drug-likeness (QED) is 0.693. The molecule has 0 bridgehead atoms. The van der Waals surface area contributed by atoms with Gasteiger partial charge in [0.05, 0.1) is 6.07 Å². The molecule has 0 saturated carbocycles. The summed E-state index contributed by atoms with van der Waals surface area (Å²) < 4.78 is 0. The number of nitriles is 1. The van der Waals surface area contributed by atoms with Crippen molar-refractivity contribution in [2.75, 3.05) is 13.1 Å². The monoisotopic (exact) mass is 286 g/mol. The van der Waals surface area contributed by atoms with Crippen molar-refractivity contribution in [2.24, 2.45) is 5.92 Å². The number of hydrogen-bond acceptors (Lipinski definition) is 2. The van der Waals surface area contributed by atoms with Gasteiger partial charge in [-0.3, -0.25) is 4.79 Å². The second-order valence-corrected chi connectivity index (χ2v) is 5.38. The van der Waals surface area contributed by atoms with E-state index in [2.05, 4.69) is 32.0 Å². The molecule has 1 atom stereocenters. The smallest absolute Gasteiger partial charge is 0.239 e. The highest BCUT2D eigenvalue weighted by molar-refractivity contribution is 5.81. The maximum absolute atomic E-state index is 12.4. The SMILES string of the molecule is CCCN(CCC)C(=O)C(C#N)CCCc1ccccc1. The molecule has 0 saturated heterocycles. The molecule has 3 heteroatoms. The van der Waals surface area contributed by atoms with Crippen LogP contribution in [0.5, 0.6) is 0 Å². The average molecular weight is 286 g/mol. The standard InChI is InChI=1S/C18H26N2O/c1-3-13-20(14-4-2)18(21)17(15-19)12-8-11-16-9-6-5-7-10-16/h5-7,9-10,17H,3-4,8,11-14H2,1-2H3. The fraction of sp³-hybridized carbons (Fsp3) is 0.556. The first-order valence-electron chi connectivity index (χ1n) is 7.95. The van der Waals surface area contributed by atoms with Crippen molar-refractivity contribution in [1.29, 1.82) is 5.26 Å². The second-order valence-electron chi connectivity index (χ2n) is 5.38. The van der Waals surface area contributed by atoms with E-state index in [9.17, 15) is 10.1 Å². The molecular weight excluding hydrogens is 260 g/mol. The summed E-state index contributed by atoms with van der Waals surface area (Å²) in [6.07, 6.45) is 4.32. The predicted octanol–water partition coefficient (Wildman–Crippen LogP) is 3.80. The molecule has 1 aromatic rings. The van der Waals surface area contributed by atoms with Crippen LogP contribution in [0.4, 0.5) is 0 Å². The second kappa shape index (κ2) is 9.99. The highest BCUT2D eigenvalue weighted by atomic mass is 16.2. The molecule has 0 aliphatic rings. The third kappa shape index (κ3) is 5.99. The van der Waals surface area contributed by atoms with Crippen LogP contribution in [-0.2, 0) is 11.2 Å². The lowest BCUT2D eigenvalue weighted by Crippen LogP contribution is -2.37. The van der Waals surface area contributed by atoms with Gasteiger partial charge in [-0.1, -0.05) is 44.2 Å². The summed E-state index contributed by atoms with van der Waals surface area (Å²) in [7, 11) is 0. The Bertz CT molecular complexity index is 444. The Hall–Kier alpha value is -1.82. The van der Waals surface area contributed by atoms with Gasteiger partial charge in [0, 0.05) is 13.1 Å². The fourth-order valence-corrected chi connectivity index (χ4v) is 2.49. The minimum atomic E-state index is -0.494. The molecule has 0 radical (unpaired) electrons. The zero-order valence-corrected chi connectivity index (χ0v) is 13.2. The number of nitrogens with zero attached hydrogens (tertiary/aromatic N) is 2. The Balaban J connectivity index is 2.49. The lowest BCUT2D eigenvalue weighted by atomic mass is 9.99. The summed E-state index contributed by atoms with van der Waals surface area (Å²) in [6, 6.07) is 12.4. The van der Waals surface area contributed by atoms with Crippen LogP contribution in [0.1, 0.15) is 45.1 Å². The Morgan fingerprint density at radius 3 is 2.33 bits per heavy atom. The largest absolute Gasteiger partial charge is 0.342 e. The summed E-state index contributed by atoms with van der Waals surface area (Å²) in [4.78, 5) is 14.2. The Kier molecular flexibility index (Phi) is 8.19. The summed E-state index contributed by atoms with van der Waals surface area (Å²) in [6.45, 7) is 5.63. The molecule has 0 heterocycles. The normalized spacial score (nSPS) is 11.7. The average Bonchev–Trinajstić information content (AvgIpc) is 2.52. The molecule has 0 aromatic heterocycles. The molecule has 1 unspecified atom stereocenters. The van der Waals surface area contributed by atoms with E-state index >= 15 is 0 Å². The van der Waals surface area contributed by atoms with Crippen LogP contribution < -0.4 is 0 Å². The highest BCUT2D eigenvalue weighted by Crippen LogP contribution is 2.14. The predicted molar refractivity (Wildman–Crippen MR) is 85.6 cm³/mol. The molecule has 114 valence electrons. The van der Waals surface area contributed by atoms with Crippen molar-refractivity contribution >= 4 is 5.91 Å². The summed E-state index contributed by atoms with van der Waals surface area (Å²) in [5.41, 5.74) is 1.26. The number of amides is 1. The molecule has 0 aliphatic carbocycles. The lowest BCUT2D eigenvalue weighted by Gasteiger charge is -2.23. The van der Waals surface area contributed by atoms with E-state index in [0.717, 1.165) is 38.8 Å². The first kappa shape index (κ1) is 17.2. The topological polar surface area (TPSA) is 44.1 Å². The van der Waals surface area contributed by atoms with E-state index in [4.69, 9.17) is 0 Å². The van der Waals surface area contributed by atoms with E-state index in [1.165, 1.54) is 5.56 Å². The van der Waals surface area contributed by atoms with Crippen LogP contribution >= 0.6 is 0 Å². The Labute approximate surface area is 128 Å². The number of rotatable bonds is 9. The lowest BCUT2D eigenvalue weighted by molar-refractivity contribution is -0.134. The van der Waals surface area contributed by atoms with Crippen LogP contribution in [0.3, 0.4) is 0 Å². The fourth-order valence-electron chi connectivity index (χ4n) is 2.49. The zero-order chi connectivity index (χ0) is 15.5. The molecule has 1 rings (SSSR count). The van der Waals surface area contributed by atoms with Crippen molar-refractivity contribution < 1.29 is 4.79 Å². The van der Waals surface area contributed by atoms with Crippen LogP contribution in [-0.4, -0.2) is 23.9 Å². The first-order chi connectivity index (χ1) is 10.2. The van der Waals surface area contributed by atoms with Gasteiger partial charge in [0.15, 0.2) is 0 Å². The van der Waals surface area contributed by atoms with Crippen LogP contribution in [0.2, 0.25) is 0 Å². The molecule has 1 amide bonds. The van der Waals surface area contributed by atoms with Gasteiger partial charge < -0.3 is 4.90 Å². The first-order valence-corrected chi connectivity index (χ1v) is 7.95. The van der Waals surface area contributed by atoms with Crippen molar-refractivity contribution in [3.8, 4) is 6.07 Å². The molecule has 0 N–H and O–H groups in total. The number of hydrogen-bond donors (Lipinski definition) is 0. The molecule has 21 heavy (non-hydrogen) atoms. The highest BCUT2D eigenvalue weighted by Gasteiger charge is 2.22. The maximum atomic E-state index is 12.4. The van der Waals surface area contributed by atoms with Crippen molar-refractivity contribution in [3.63, 3.8) is 0 Å². The molecular formula is C18H26N2O.